The van der Waals surface area contributed by atoms with Crippen LogP contribution in [0.5, 0.6) is 5.75 Å². The highest BCUT2D eigenvalue weighted by molar-refractivity contribution is 6.30. The van der Waals surface area contributed by atoms with Gasteiger partial charge in [0.05, 0.1) is 18.2 Å². The number of aromatic nitrogens is 3. The van der Waals surface area contributed by atoms with Crippen molar-refractivity contribution in [1.82, 2.24) is 15.0 Å². The highest BCUT2D eigenvalue weighted by Crippen LogP contribution is 2.49. The molecule has 0 radical (unpaired) electrons. The van der Waals surface area contributed by atoms with E-state index in [0.717, 1.165) is 18.4 Å². The van der Waals surface area contributed by atoms with Crippen LogP contribution in [0.1, 0.15) is 24.2 Å². The van der Waals surface area contributed by atoms with Crippen molar-refractivity contribution in [2.45, 2.75) is 24.9 Å². The number of halogens is 1. The van der Waals surface area contributed by atoms with E-state index in [1.54, 1.807) is 25.3 Å². The van der Waals surface area contributed by atoms with Crippen LogP contribution in [0, 0.1) is 0 Å². The van der Waals surface area contributed by atoms with Crippen molar-refractivity contribution in [2.75, 3.05) is 18.2 Å². The van der Waals surface area contributed by atoms with Gasteiger partial charge >= 0.3 is 5.97 Å². The van der Waals surface area contributed by atoms with E-state index in [9.17, 15) is 4.79 Å². The standard InChI is InChI=1S/C21H20ClN5O3/c1-29-16-5-3-2-4-15(16)24-20-26-17(25-19(23)27-20)12-30-18(28)21(10-11-21)13-6-8-14(22)9-7-13/h2-9H,10-12H2,1H3,(H3,23,24,25,26,27). The lowest BCUT2D eigenvalue weighted by atomic mass is 9.96. The fourth-order valence-corrected chi connectivity index (χ4v) is 3.33. The van der Waals surface area contributed by atoms with E-state index in [1.807, 2.05) is 30.3 Å². The highest BCUT2D eigenvalue weighted by Gasteiger charge is 2.52. The number of benzene rings is 2. The van der Waals surface area contributed by atoms with Gasteiger partial charge in [0.1, 0.15) is 5.75 Å². The second-order valence-electron chi connectivity index (χ2n) is 6.92. The molecule has 1 heterocycles. The van der Waals surface area contributed by atoms with E-state index < -0.39 is 5.41 Å². The highest BCUT2D eigenvalue weighted by atomic mass is 35.5. The molecular formula is C21H20ClN5O3. The molecule has 0 bridgehead atoms. The van der Waals surface area contributed by atoms with Gasteiger partial charge in [0.15, 0.2) is 12.4 Å². The lowest BCUT2D eigenvalue weighted by Gasteiger charge is -2.15. The Morgan fingerprint density at radius 1 is 1.13 bits per heavy atom. The van der Waals surface area contributed by atoms with Crippen LogP contribution in [0.15, 0.2) is 48.5 Å². The second-order valence-corrected chi connectivity index (χ2v) is 7.36. The number of carbonyl (C=O) groups excluding carboxylic acids is 1. The second kappa shape index (κ2) is 8.16. The Kier molecular flexibility index (Phi) is 5.41. The minimum Gasteiger partial charge on any atom is -0.495 e. The fourth-order valence-electron chi connectivity index (χ4n) is 3.20. The average molecular weight is 426 g/mol. The molecule has 9 heteroatoms. The lowest BCUT2D eigenvalue weighted by Crippen LogP contribution is -2.23. The van der Waals surface area contributed by atoms with Crippen LogP contribution in [0.3, 0.4) is 0 Å². The molecule has 1 aliphatic rings. The van der Waals surface area contributed by atoms with E-state index in [0.29, 0.717) is 16.5 Å². The summed E-state index contributed by atoms with van der Waals surface area (Å²) < 4.78 is 10.8. The minimum absolute atomic E-state index is 0.0206. The van der Waals surface area contributed by atoms with Crippen molar-refractivity contribution in [3.63, 3.8) is 0 Å². The Hall–Kier alpha value is -3.39. The lowest BCUT2D eigenvalue weighted by molar-refractivity contribution is -0.148. The van der Waals surface area contributed by atoms with Crippen molar-refractivity contribution >= 4 is 35.2 Å². The smallest absolute Gasteiger partial charge is 0.317 e. The summed E-state index contributed by atoms with van der Waals surface area (Å²) in [6.45, 7) is -0.110. The number of methoxy groups -OCH3 is 1. The van der Waals surface area contributed by atoms with Crippen LogP contribution in [0.2, 0.25) is 5.02 Å². The summed E-state index contributed by atoms with van der Waals surface area (Å²) in [5, 5.41) is 3.67. The SMILES string of the molecule is COc1ccccc1Nc1nc(N)nc(COC(=O)C2(c3ccc(Cl)cc3)CC2)n1. The number of ether oxygens (including phenoxy) is 2. The molecule has 0 aliphatic heterocycles. The molecule has 3 N–H and O–H groups in total. The Morgan fingerprint density at radius 2 is 1.87 bits per heavy atom. The summed E-state index contributed by atoms with van der Waals surface area (Å²) >= 11 is 5.95. The third kappa shape index (κ3) is 4.13. The van der Waals surface area contributed by atoms with Gasteiger partial charge in [-0.25, -0.2) is 0 Å². The molecule has 0 unspecified atom stereocenters. The maximum absolute atomic E-state index is 12.7. The fraction of sp³-hybridized carbons (Fsp3) is 0.238. The number of nitrogen functional groups attached to an aromatic ring is 1. The number of rotatable bonds is 7. The molecule has 0 spiro atoms. The predicted molar refractivity (Wildman–Crippen MR) is 113 cm³/mol. The molecule has 3 aromatic rings. The third-order valence-electron chi connectivity index (χ3n) is 4.92. The van der Waals surface area contributed by atoms with Gasteiger partial charge in [-0.1, -0.05) is 35.9 Å². The molecular weight excluding hydrogens is 406 g/mol. The number of nitrogens with two attached hydrogens (primary N) is 1. The van der Waals surface area contributed by atoms with Crippen LogP contribution < -0.4 is 15.8 Å². The first-order valence-electron chi connectivity index (χ1n) is 9.34. The van der Waals surface area contributed by atoms with Gasteiger partial charge < -0.3 is 20.5 Å². The molecule has 8 nitrogen and oxygen atoms in total. The maximum Gasteiger partial charge on any atom is 0.317 e. The molecule has 1 fully saturated rings. The third-order valence-corrected chi connectivity index (χ3v) is 5.17. The van der Waals surface area contributed by atoms with Gasteiger partial charge in [-0.3, -0.25) is 4.79 Å². The number of para-hydroxylation sites is 2. The van der Waals surface area contributed by atoms with Crippen LogP contribution in [0.25, 0.3) is 0 Å². The number of nitrogens with one attached hydrogen (secondary N) is 1. The molecule has 4 rings (SSSR count). The first-order chi connectivity index (χ1) is 14.5. The molecule has 0 saturated heterocycles. The quantitative estimate of drug-likeness (QED) is 0.552. The number of carbonyl (C=O) groups is 1. The Labute approximate surface area is 178 Å². The van der Waals surface area contributed by atoms with E-state index >= 15 is 0 Å². The molecule has 2 aromatic carbocycles. The Bertz CT molecular complexity index is 1070. The summed E-state index contributed by atoms with van der Waals surface area (Å²) in [7, 11) is 1.57. The molecule has 0 amide bonds. The zero-order valence-corrected chi connectivity index (χ0v) is 17.0. The molecule has 1 saturated carbocycles. The van der Waals surface area contributed by atoms with Crippen LogP contribution in [-0.4, -0.2) is 28.0 Å². The number of hydrogen-bond donors (Lipinski definition) is 2. The number of nitrogens with zero attached hydrogens (tertiary/aromatic N) is 3. The van der Waals surface area contributed by atoms with E-state index in [1.165, 1.54) is 0 Å². The number of hydrogen-bond acceptors (Lipinski definition) is 8. The maximum atomic E-state index is 12.7. The van der Waals surface area contributed by atoms with Crippen LogP contribution >= 0.6 is 11.6 Å². The zero-order chi connectivity index (χ0) is 21.1. The summed E-state index contributed by atoms with van der Waals surface area (Å²) in [6, 6.07) is 14.6. The topological polar surface area (TPSA) is 112 Å². The Balaban J connectivity index is 1.46. The van der Waals surface area contributed by atoms with Gasteiger partial charge in [0.2, 0.25) is 11.9 Å². The monoisotopic (exact) mass is 425 g/mol. The van der Waals surface area contributed by atoms with Gasteiger partial charge in [-0.2, -0.15) is 15.0 Å². The van der Waals surface area contributed by atoms with Crippen molar-refractivity contribution in [2.24, 2.45) is 0 Å². The number of esters is 1. The average Bonchev–Trinajstić information content (AvgIpc) is 3.55. The normalized spacial score (nSPS) is 14.1. The van der Waals surface area contributed by atoms with Crippen molar-refractivity contribution in [3.8, 4) is 5.75 Å². The Morgan fingerprint density at radius 3 is 2.57 bits per heavy atom. The van der Waals surface area contributed by atoms with Gasteiger partial charge in [0, 0.05) is 5.02 Å². The predicted octanol–water partition coefficient (Wildman–Crippen LogP) is 3.63. The van der Waals surface area contributed by atoms with E-state index in [2.05, 4.69) is 20.3 Å². The molecule has 1 aromatic heterocycles. The summed E-state index contributed by atoms with van der Waals surface area (Å²) in [5.74, 6) is 0.815. The van der Waals surface area contributed by atoms with Gasteiger partial charge in [-0.05, 0) is 42.7 Å². The summed E-state index contributed by atoms with van der Waals surface area (Å²) in [6.07, 6.45) is 1.46. The summed E-state index contributed by atoms with van der Waals surface area (Å²) in [5.41, 5.74) is 6.75. The molecule has 154 valence electrons. The van der Waals surface area contributed by atoms with Gasteiger partial charge in [-0.15, -0.1) is 0 Å². The zero-order valence-electron chi connectivity index (χ0n) is 16.3. The van der Waals surface area contributed by atoms with Crippen LogP contribution in [0.4, 0.5) is 17.6 Å². The first-order valence-corrected chi connectivity index (χ1v) is 9.72. The van der Waals surface area contributed by atoms with Crippen molar-refractivity contribution in [3.05, 3.63) is 64.9 Å². The molecule has 0 atom stereocenters. The van der Waals surface area contributed by atoms with Gasteiger partial charge in [0.25, 0.3) is 0 Å². The molecule has 30 heavy (non-hydrogen) atoms. The number of anilines is 3. The minimum atomic E-state index is -0.623. The van der Waals surface area contributed by atoms with E-state index in [-0.39, 0.29) is 30.3 Å². The van der Waals surface area contributed by atoms with Crippen molar-refractivity contribution < 1.29 is 14.3 Å². The van der Waals surface area contributed by atoms with Crippen LogP contribution in [-0.2, 0) is 21.6 Å². The summed E-state index contributed by atoms with van der Waals surface area (Å²) in [4.78, 5) is 25.2. The van der Waals surface area contributed by atoms with Crippen molar-refractivity contribution in [1.29, 1.82) is 0 Å². The largest absolute Gasteiger partial charge is 0.495 e. The van der Waals surface area contributed by atoms with E-state index in [4.69, 9.17) is 26.8 Å². The molecule has 1 aliphatic carbocycles. The first kappa shape index (κ1) is 19.9.